The van der Waals surface area contributed by atoms with E-state index in [1.165, 1.54) is 19.1 Å². The minimum atomic E-state index is -1.09. The molecule has 92 valence electrons. The van der Waals surface area contributed by atoms with Gasteiger partial charge >= 0.3 is 5.97 Å². The molecule has 0 bridgehead atoms. The molecule has 0 aromatic heterocycles. The van der Waals surface area contributed by atoms with E-state index in [0.717, 1.165) is 0 Å². The van der Waals surface area contributed by atoms with Crippen LogP contribution in [0.2, 0.25) is 0 Å². The van der Waals surface area contributed by atoms with Crippen molar-refractivity contribution in [3.05, 3.63) is 29.1 Å². The van der Waals surface area contributed by atoms with E-state index in [1.54, 1.807) is 0 Å². The molecule has 2 rings (SSSR count). The van der Waals surface area contributed by atoms with Crippen molar-refractivity contribution in [3.63, 3.8) is 0 Å². The van der Waals surface area contributed by atoms with Gasteiger partial charge in [0.2, 0.25) is 0 Å². The first-order chi connectivity index (χ1) is 8.11. The normalized spacial score (nSPS) is 16.0. The van der Waals surface area contributed by atoms with E-state index in [4.69, 9.17) is 4.74 Å². The molecule has 1 aliphatic heterocycles. The van der Waals surface area contributed by atoms with Crippen LogP contribution in [0.5, 0.6) is 0 Å². The quantitative estimate of drug-likeness (QED) is 0.852. The summed E-state index contributed by atoms with van der Waals surface area (Å²) >= 11 is 0. The average molecular weight is 239 g/mol. The van der Waals surface area contributed by atoms with Crippen LogP contribution in [0.4, 0.5) is 10.1 Å². The molecule has 0 saturated carbocycles. The van der Waals surface area contributed by atoms with E-state index >= 15 is 0 Å². The zero-order valence-corrected chi connectivity index (χ0v) is 9.57. The molecule has 4 nitrogen and oxygen atoms in total. The van der Waals surface area contributed by atoms with Gasteiger partial charge in [0, 0.05) is 18.7 Å². The van der Waals surface area contributed by atoms with E-state index < -0.39 is 11.8 Å². The fourth-order valence-electron chi connectivity index (χ4n) is 2.01. The number of hydrogen-bond donors (Lipinski definition) is 1. The van der Waals surface area contributed by atoms with E-state index in [-0.39, 0.29) is 11.1 Å². The third kappa shape index (κ3) is 2.24. The molecule has 17 heavy (non-hydrogen) atoms. The first kappa shape index (κ1) is 11.9. The molecule has 0 atom stereocenters. The molecule has 1 aliphatic rings. The molecule has 0 unspecified atom stereocenters. The Labute approximate surface area is 98.6 Å². The fourth-order valence-corrected chi connectivity index (χ4v) is 2.01. The third-order valence-corrected chi connectivity index (χ3v) is 2.94. The Morgan fingerprint density at radius 2 is 2.06 bits per heavy atom. The van der Waals surface area contributed by atoms with Crippen molar-refractivity contribution < 1.29 is 19.0 Å². The van der Waals surface area contributed by atoms with Gasteiger partial charge in [-0.1, -0.05) is 0 Å². The SMILES string of the molecule is Cc1c(F)ccc(N2CCOCC2)c1C(=O)O. The highest BCUT2D eigenvalue weighted by molar-refractivity contribution is 5.96. The van der Waals surface area contributed by atoms with Crippen molar-refractivity contribution in [3.8, 4) is 0 Å². The number of carbonyl (C=O) groups is 1. The number of carboxylic acids is 1. The van der Waals surface area contributed by atoms with Crippen molar-refractivity contribution in [2.75, 3.05) is 31.2 Å². The van der Waals surface area contributed by atoms with Crippen molar-refractivity contribution in [2.24, 2.45) is 0 Å². The molecule has 5 heteroatoms. The number of anilines is 1. The highest BCUT2D eigenvalue weighted by Crippen LogP contribution is 2.26. The maximum atomic E-state index is 13.4. The van der Waals surface area contributed by atoms with Crippen molar-refractivity contribution in [1.82, 2.24) is 0 Å². The maximum absolute atomic E-state index is 13.4. The Kier molecular flexibility index (Phi) is 3.28. The van der Waals surface area contributed by atoms with Gasteiger partial charge in [0.1, 0.15) is 5.82 Å². The minimum Gasteiger partial charge on any atom is -0.478 e. The van der Waals surface area contributed by atoms with E-state index in [1.807, 2.05) is 4.90 Å². The van der Waals surface area contributed by atoms with Crippen LogP contribution in [0.1, 0.15) is 15.9 Å². The number of nitrogens with zero attached hydrogens (tertiary/aromatic N) is 1. The highest BCUT2D eigenvalue weighted by Gasteiger charge is 2.21. The van der Waals surface area contributed by atoms with Crippen LogP contribution in [0.3, 0.4) is 0 Å². The first-order valence-corrected chi connectivity index (χ1v) is 5.46. The Hall–Kier alpha value is -1.62. The Balaban J connectivity index is 2.45. The second-order valence-electron chi connectivity index (χ2n) is 3.97. The van der Waals surface area contributed by atoms with Gasteiger partial charge in [-0.2, -0.15) is 0 Å². The molecule has 1 aromatic rings. The van der Waals surface area contributed by atoms with E-state index in [2.05, 4.69) is 0 Å². The summed E-state index contributed by atoms with van der Waals surface area (Å²) in [6, 6.07) is 2.84. The molecule has 0 radical (unpaired) electrons. The summed E-state index contributed by atoms with van der Waals surface area (Å²) in [5.41, 5.74) is 0.799. The molecule has 0 aliphatic carbocycles. The van der Waals surface area contributed by atoms with Gasteiger partial charge < -0.3 is 14.7 Å². The summed E-state index contributed by atoms with van der Waals surface area (Å²) in [6.45, 7) is 3.88. The third-order valence-electron chi connectivity index (χ3n) is 2.94. The molecule has 1 heterocycles. The summed E-state index contributed by atoms with van der Waals surface area (Å²) in [6.07, 6.45) is 0. The molecule has 1 saturated heterocycles. The van der Waals surface area contributed by atoms with Crippen LogP contribution in [0.15, 0.2) is 12.1 Å². The number of morpholine rings is 1. The zero-order valence-electron chi connectivity index (χ0n) is 9.57. The van der Waals surface area contributed by atoms with Gasteiger partial charge in [-0.05, 0) is 19.1 Å². The van der Waals surface area contributed by atoms with E-state index in [9.17, 15) is 14.3 Å². The lowest BCUT2D eigenvalue weighted by Crippen LogP contribution is -2.37. The van der Waals surface area contributed by atoms with Crippen molar-refractivity contribution in [1.29, 1.82) is 0 Å². The Morgan fingerprint density at radius 1 is 1.41 bits per heavy atom. The molecular formula is C12H14FNO3. The fraction of sp³-hybridized carbons (Fsp3) is 0.417. The summed E-state index contributed by atoms with van der Waals surface area (Å²) in [5.74, 6) is -1.58. The number of benzene rings is 1. The molecule has 1 fully saturated rings. The van der Waals surface area contributed by atoms with Crippen molar-refractivity contribution >= 4 is 11.7 Å². The van der Waals surface area contributed by atoms with Crippen LogP contribution >= 0.6 is 0 Å². The molecule has 0 amide bonds. The minimum absolute atomic E-state index is 0.0481. The monoisotopic (exact) mass is 239 g/mol. The molecule has 1 N–H and O–H groups in total. The van der Waals surface area contributed by atoms with Gasteiger partial charge in [-0.25, -0.2) is 9.18 Å². The van der Waals surface area contributed by atoms with Gasteiger partial charge in [-0.15, -0.1) is 0 Å². The highest BCUT2D eigenvalue weighted by atomic mass is 19.1. The molecule has 1 aromatic carbocycles. The topological polar surface area (TPSA) is 49.8 Å². The first-order valence-electron chi connectivity index (χ1n) is 5.46. The van der Waals surface area contributed by atoms with Crippen LogP contribution in [0, 0.1) is 12.7 Å². The lowest BCUT2D eigenvalue weighted by Gasteiger charge is -2.30. The number of aromatic carboxylic acids is 1. The molecule has 0 spiro atoms. The second-order valence-corrected chi connectivity index (χ2v) is 3.97. The maximum Gasteiger partial charge on any atom is 0.338 e. The van der Waals surface area contributed by atoms with Gasteiger partial charge in [0.25, 0.3) is 0 Å². The van der Waals surface area contributed by atoms with Crippen LogP contribution < -0.4 is 4.90 Å². The average Bonchev–Trinajstić information content (AvgIpc) is 2.33. The van der Waals surface area contributed by atoms with Crippen LogP contribution in [-0.2, 0) is 4.74 Å². The predicted molar refractivity (Wildman–Crippen MR) is 61.1 cm³/mol. The number of ether oxygens (including phenoxy) is 1. The predicted octanol–water partition coefficient (Wildman–Crippen LogP) is 1.67. The Bertz CT molecular complexity index is 442. The number of hydrogen-bond acceptors (Lipinski definition) is 3. The van der Waals surface area contributed by atoms with Crippen molar-refractivity contribution in [2.45, 2.75) is 6.92 Å². The number of rotatable bonds is 2. The standard InChI is InChI=1S/C12H14FNO3/c1-8-9(13)2-3-10(11(8)12(15)16)14-4-6-17-7-5-14/h2-3H,4-7H2,1H3,(H,15,16). The number of halogens is 1. The van der Waals surface area contributed by atoms with Crippen LogP contribution in [0.25, 0.3) is 0 Å². The summed E-state index contributed by atoms with van der Waals surface area (Å²) in [4.78, 5) is 13.1. The van der Waals surface area contributed by atoms with Gasteiger partial charge in [0.15, 0.2) is 0 Å². The summed E-state index contributed by atoms with van der Waals surface area (Å²) in [7, 11) is 0. The second kappa shape index (κ2) is 4.71. The summed E-state index contributed by atoms with van der Waals surface area (Å²) in [5, 5.41) is 9.18. The smallest absolute Gasteiger partial charge is 0.338 e. The summed E-state index contributed by atoms with van der Waals surface area (Å²) < 4.78 is 18.6. The largest absolute Gasteiger partial charge is 0.478 e. The molecular weight excluding hydrogens is 225 g/mol. The van der Waals surface area contributed by atoms with Gasteiger partial charge in [-0.3, -0.25) is 0 Å². The van der Waals surface area contributed by atoms with Gasteiger partial charge in [0.05, 0.1) is 24.5 Å². The Morgan fingerprint density at radius 3 is 2.65 bits per heavy atom. The zero-order chi connectivity index (χ0) is 12.4. The lowest BCUT2D eigenvalue weighted by molar-refractivity contribution is 0.0695. The van der Waals surface area contributed by atoms with E-state index in [0.29, 0.717) is 32.0 Å². The van der Waals surface area contributed by atoms with Crippen LogP contribution in [-0.4, -0.2) is 37.4 Å². The number of carboxylic acid groups (broad SMARTS) is 1. The lowest BCUT2D eigenvalue weighted by atomic mass is 10.0.